The van der Waals surface area contributed by atoms with E-state index in [-0.39, 0.29) is 29.5 Å². The van der Waals surface area contributed by atoms with Gasteiger partial charge in [-0.2, -0.15) is 4.98 Å². The second-order valence-electron chi connectivity index (χ2n) is 11.6. The fraction of sp³-hybridized carbons (Fsp3) is 0.643. The molecule has 10 heteroatoms. The molecule has 0 spiro atoms. The zero-order valence-electron chi connectivity index (χ0n) is 22.9. The van der Waals surface area contributed by atoms with Crippen molar-refractivity contribution in [2.45, 2.75) is 115 Å². The summed E-state index contributed by atoms with van der Waals surface area (Å²) in [6.45, 7) is 9.18. The molecule has 0 radical (unpaired) electrons. The van der Waals surface area contributed by atoms with Gasteiger partial charge in [-0.15, -0.1) is 0 Å². The van der Waals surface area contributed by atoms with Crippen LogP contribution < -0.4 is 5.32 Å². The number of nitrogens with one attached hydrogen (secondary N) is 1. The minimum Gasteiger partial charge on any atom is -0.444 e. The van der Waals surface area contributed by atoms with Crippen molar-refractivity contribution in [1.29, 1.82) is 0 Å². The Morgan fingerprint density at radius 2 is 1.74 bits per heavy atom. The van der Waals surface area contributed by atoms with Crippen LogP contribution in [0, 0.1) is 11.6 Å². The minimum atomic E-state index is -0.828. The average molecular weight is 533 g/mol. The van der Waals surface area contributed by atoms with E-state index in [4.69, 9.17) is 14.1 Å². The highest BCUT2D eigenvalue weighted by Crippen LogP contribution is 2.36. The van der Waals surface area contributed by atoms with Gasteiger partial charge in [0.2, 0.25) is 5.89 Å². The van der Waals surface area contributed by atoms with Crippen molar-refractivity contribution in [2.24, 2.45) is 5.16 Å². The topological polar surface area (TPSA) is 98.8 Å². The van der Waals surface area contributed by atoms with Crippen LogP contribution in [0.4, 0.5) is 19.3 Å². The molecule has 2 aliphatic carbocycles. The predicted molar refractivity (Wildman–Crippen MR) is 139 cm³/mol. The number of carbonyl (C=O) groups excluding carboxylic acids is 1. The number of ether oxygens (including phenoxy) is 1. The van der Waals surface area contributed by atoms with Gasteiger partial charge in [-0.3, -0.25) is 5.32 Å². The van der Waals surface area contributed by atoms with Crippen molar-refractivity contribution in [3.63, 3.8) is 0 Å². The van der Waals surface area contributed by atoms with Crippen LogP contribution in [0.25, 0.3) is 0 Å². The summed E-state index contributed by atoms with van der Waals surface area (Å²) in [7, 11) is 0. The lowest BCUT2D eigenvalue weighted by Gasteiger charge is -2.27. The maximum Gasteiger partial charge on any atom is 0.412 e. The van der Waals surface area contributed by atoms with E-state index in [0.29, 0.717) is 37.1 Å². The van der Waals surface area contributed by atoms with E-state index in [0.717, 1.165) is 43.3 Å². The first-order valence-electron chi connectivity index (χ1n) is 13.5. The third-order valence-corrected chi connectivity index (χ3v) is 7.05. The van der Waals surface area contributed by atoms with Crippen molar-refractivity contribution in [1.82, 2.24) is 10.1 Å². The van der Waals surface area contributed by atoms with E-state index in [1.807, 2.05) is 13.8 Å². The highest BCUT2D eigenvalue weighted by Gasteiger charge is 2.29. The highest BCUT2D eigenvalue weighted by molar-refractivity contribution is 5.85. The number of halogens is 2. The maximum absolute atomic E-state index is 14.9. The Morgan fingerprint density at radius 3 is 2.34 bits per heavy atom. The molecule has 208 valence electrons. The van der Waals surface area contributed by atoms with E-state index in [2.05, 4.69) is 20.6 Å². The van der Waals surface area contributed by atoms with Crippen LogP contribution in [0.15, 0.2) is 21.8 Å². The van der Waals surface area contributed by atoms with Crippen LogP contribution in [0.1, 0.15) is 121 Å². The number of benzene rings is 1. The van der Waals surface area contributed by atoms with Gasteiger partial charge in [-0.25, -0.2) is 13.6 Å². The van der Waals surface area contributed by atoms with Crippen LogP contribution in [0.5, 0.6) is 0 Å². The summed E-state index contributed by atoms with van der Waals surface area (Å²) in [6.07, 6.45) is 5.44. The lowest BCUT2D eigenvalue weighted by molar-refractivity contribution is 0.0257. The third kappa shape index (κ3) is 7.29. The molecule has 1 aromatic heterocycles. The highest BCUT2D eigenvalue weighted by atomic mass is 19.1. The van der Waals surface area contributed by atoms with E-state index in [1.54, 1.807) is 20.8 Å². The Morgan fingerprint density at radius 1 is 1.05 bits per heavy atom. The van der Waals surface area contributed by atoms with Crippen molar-refractivity contribution in [2.75, 3.05) is 5.32 Å². The summed E-state index contributed by atoms with van der Waals surface area (Å²) in [5.41, 5.74) is 0.292. The Labute approximate surface area is 222 Å². The number of rotatable bonds is 6. The number of nitrogens with zero attached hydrogens (tertiary/aromatic N) is 3. The molecule has 1 N–H and O–H groups in total. The molecule has 1 heterocycles. The summed E-state index contributed by atoms with van der Waals surface area (Å²) in [5.74, 6) is 0.613. The Bertz CT molecular complexity index is 1140. The summed E-state index contributed by atoms with van der Waals surface area (Å²) in [6, 6.07) is 2.20. The number of oxime groups is 1. The smallest absolute Gasteiger partial charge is 0.412 e. The largest absolute Gasteiger partial charge is 0.444 e. The summed E-state index contributed by atoms with van der Waals surface area (Å²) in [4.78, 5) is 22.3. The SMILES string of the molecule is CC(C)c1noc(C2CCC(ON=C3CCC(c4cc(F)c(NC(=O)OC(C)(C)C)cc4F)CC3)CC2)n1. The van der Waals surface area contributed by atoms with Gasteiger partial charge in [0.05, 0.1) is 11.4 Å². The van der Waals surface area contributed by atoms with Crippen molar-refractivity contribution < 1.29 is 27.7 Å². The van der Waals surface area contributed by atoms with Crippen molar-refractivity contribution in [3.05, 3.63) is 41.0 Å². The van der Waals surface area contributed by atoms with Gasteiger partial charge in [-0.1, -0.05) is 24.2 Å². The molecule has 0 saturated heterocycles. The number of carbonyl (C=O) groups is 1. The first-order chi connectivity index (χ1) is 18.0. The molecule has 0 unspecified atom stereocenters. The Kier molecular flexibility index (Phi) is 8.67. The maximum atomic E-state index is 14.9. The second kappa shape index (κ2) is 11.8. The van der Waals surface area contributed by atoms with Crippen molar-refractivity contribution >= 4 is 17.5 Å². The summed E-state index contributed by atoms with van der Waals surface area (Å²) in [5, 5.41) is 10.8. The zero-order chi connectivity index (χ0) is 27.4. The number of aromatic nitrogens is 2. The van der Waals surface area contributed by atoms with Gasteiger partial charge in [0.15, 0.2) is 5.82 Å². The number of hydrogen-bond acceptors (Lipinski definition) is 7. The Balaban J connectivity index is 1.25. The van der Waals surface area contributed by atoms with Crippen LogP contribution in [-0.2, 0) is 9.57 Å². The van der Waals surface area contributed by atoms with Gasteiger partial charge in [-0.05, 0) is 89.7 Å². The molecule has 2 aliphatic rings. The molecule has 2 fully saturated rings. The molecule has 1 aromatic carbocycles. The normalized spacial score (nSPS) is 22.3. The van der Waals surface area contributed by atoms with Gasteiger partial charge in [0.1, 0.15) is 23.3 Å². The molecule has 8 nitrogen and oxygen atoms in total. The molecule has 2 aromatic rings. The third-order valence-electron chi connectivity index (χ3n) is 7.05. The first kappa shape index (κ1) is 28.0. The first-order valence-corrected chi connectivity index (χ1v) is 13.5. The molecule has 0 atom stereocenters. The summed E-state index contributed by atoms with van der Waals surface area (Å²) < 4.78 is 40.1. The van der Waals surface area contributed by atoms with E-state index >= 15 is 0 Å². The molecule has 0 aliphatic heterocycles. The van der Waals surface area contributed by atoms with Crippen molar-refractivity contribution in [3.8, 4) is 0 Å². The van der Waals surface area contributed by atoms with Crippen LogP contribution in [-0.4, -0.2) is 33.7 Å². The molecule has 4 rings (SSSR count). The average Bonchev–Trinajstić information content (AvgIpc) is 3.35. The molecule has 2 saturated carbocycles. The minimum absolute atomic E-state index is 0.0560. The predicted octanol–water partition coefficient (Wildman–Crippen LogP) is 7.57. The van der Waals surface area contributed by atoms with Gasteiger partial charge < -0.3 is 14.1 Å². The molecule has 0 bridgehead atoms. The van der Waals surface area contributed by atoms with E-state index < -0.39 is 23.3 Å². The molecular weight excluding hydrogens is 494 g/mol. The van der Waals surface area contributed by atoms with Crippen LogP contribution in [0.3, 0.4) is 0 Å². The quantitative estimate of drug-likeness (QED) is 0.385. The Hall–Kier alpha value is -3.04. The van der Waals surface area contributed by atoms with E-state index in [1.165, 1.54) is 6.07 Å². The molecular formula is C28H38F2N4O4. The van der Waals surface area contributed by atoms with Gasteiger partial charge in [0, 0.05) is 17.9 Å². The van der Waals surface area contributed by atoms with Crippen LogP contribution in [0.2, 0.25) is 0 Å². The van der Waals surface area contributed by atoms with Gasteiger partial charge >= 0.3 is 6.09 Å². The lowest BCUT2D eigenvalue weighted by atomic mass is 9.83. The monoisotopic (exact) mass is 532 g/mol. The fourth-order valence-electron chi connectivity index (χ4n) is 4.95. The number of amides is 1. The standard InChI is InChI=1S/C28H38F2N4O4/c1-16(2)25-32-26(38-34-25)18-8-12-20(13-9-18)37-33-19-10-6-17(7-11-19)21-14-23(30)24(15-22(21)29)31-27(35)36-28(3,4)5/h14-18,20H,6-13H2,1-5H3,(H,31,35). The van der Waals surface area contributed by atoms with Gasteiger partial charge in [0.25, 0.3) is 0 Å². The fourth-order valence-corrected chi connectivity index (χ4v) is 4.95. The molecule has 1 amide bonds. The number of anilines is 1. The second-order valence-corrected chi connectivity index (χ2v) is 11.6. The number of hydrogen-bond donors (Lipinski definition) is 1. The van der Waals surface area contributed by atoms with Crippen LogP contribution >= 0.6 is 0 Å². The lowest BCUT2D eigenvalue weighted by Crippen LogP contribution is -2.27. The summed E-state index contributed by atoms with van der Waals surface area (Å²) >= 11 is 0. The molecule has 38 heavy (non-hydrogen) atoms. The zero-order valence-corrected chi connectivity index (χ0v) is 22.9. The van der Waals surface area contributed by atoms with E-state index in [9.17, 15) is 13.6 Å².